The number of allylic oxidation sites excluding steroid dienone is 3. The van der Waals surface area contributed by atoms with E-state index in [4.69, 9.17) is 0 Å². The average Bonchev–Trinajstić information content (AvgIpc) is 3.21. The summed E-state index contributed by atoms with van der Waals surface area (Å²) < 4.78 is 4.57. The largest absolute Gasteiger partial charge is 1.00 e. The molecule has 0 saturated carbocycles. The van der Waals surface area contributed by atoms with Crippen LogP contribution in [0.4, 0.5) is 5.69 Å². The molecule has 0 amide bonds. The first-order chi connectivity index (χ1) is 16.0. The van der Waals surface area contributed by atoms with Gasteiger partial charge in [-0.15, -0.1) is 0 Å². The number of halogens is 1. The zero-order valence-electron chi connectivity index (χ0n) is 20.3. The molecule has 0 fully saturated rings. The monoisotopic (exact) mass is 473 g/mol. The second-order valence-corrected chi connectivity index (χ2v) is 9.28. The van der Waals surface area contributed by atoms with Gasteiger partial charge in [-0.05, 0) is 47.5 Å². The maximum Gasteiger partial charge on any atom is 0.282 e. The molecule has 0 radical (unpaired) electrons. The van der Waals surface area contributed by atoms with E-state index in [9.17, 15) is 5.11 Å². The lowest BCUT2D eigenvalue weighted by Crippen LogP contribution is -3.00. The molecule has 176 valence electrons. The number of fused-ring (bicyclic) bond motifs is 3. The molecule has 5 heteroatoms. The second-order valence-electron chi connectivity index (χ2n) is 9.28. The van der Waals surface area contributed by atoms with E-state index in [1.54, 1.807) is 0 Å². The van der Waals surface area contributed by atoms with Crippen LogP contribution in [-0.4, -0.2) is 23.3 Å². The first-order valence-corrected chi connectivity index (χ1v) is 11.7. The summed E-state index contributed by atoms with van der Waals surface area (Å²) in [6.45, 7) is 8.28. The Hall–Kier alpha value is -3.08. The molecule has 0 bridgehead atoms. The first-order valence-electron chi connectivity index (χ1n) is 11.7. The minimum absolute atomic E-state index is 0. The van der Waals surface area contributed by atoms with Crippen LogP contribution in [-0.2, 0) is 18.5 Å². The highest BCUT2D eigenvalue weighted by atomic mass is 35.5. The van der Waals surface area contributed by atoms with Crippen molar-refractivity contribution in [1.82, 2.24) is 4.57 Å². The zero-order chi connectivity index (χ0) is 23.2. The van der Waals surface area contributed by atoms with Gasteiger partial charge in [0.15, 0.2) is 11.0 Å². The molecule has 5 rings (SSSR count). The molecule has 4 nitrogen and oxygen atoms in total. The minimum atomic E-state index is -0.0497. The number of rotatable bonds is 5. The number of nitrogens with zero attached hydrogens (tertiary/aromatic N) is 3. The predicted octanol–water partition coefficient (Wildman–Crippen LogP) is 2.42. The zero-order valence-corrected chi connectivity index (χ0v) is 21.0. The topological polar surface area (TPSA) is 32.3 Å². The number of likely N-dealkylation sites (N-methyl/N-ethyl adjacent to an activating group) is 1. The molecule has 1 aromatic heterocycles. The maximum atomic E-state index is 9.83. The van der Waals surface area contributed by atoms with Crippen molar-refractivity contribution in [2.75, 3.05) is 18.6 Å². The Bertz CT molecular complexity index is 1410. The number of aliphatic hydroxyl groups excluding tert-OH is 1. The highest BCUT2D eigenvalue weighted by Gasteiger charge is 2.37. The van der Waals surface area contributed by atoms with Crippen LogP contribution >= 0.6 is 0 Å². The molecule has 0 spiro atoms. The van der Waals surface area contributed by atoms with E-state index in [-0.39, 0.29) is 24.4 Å². The van der Waals surface area contributed by atoms with Crippen molar-refractivity contribution in [3.05, 3.63) is 89.9 Å². The average molecular weight is 474 g/mol. The van der Waals surface area contributed by atoms with E-state index in [1.165, 1.54) is 33.2 Å². The van der Waals surface area contributed by atoms with Crippen molar-refractivity contribution in [1.29, 1.82) is 0 Å². The van der Waals surface area contributed by atoms with Crippen molar-refractivity contribution in [3.8, 4) is 0 Å². The molecule has 0 aliphatic carbocycles. The van der Waals surface area contributed by atoms with E-state index in [1.807, 2.05) is 0 Å². The van der Waals surface area contributed by atoms with Gasteiger partial charge < -0.3 is 22.4 Å². The minimum Gasteiger partial charge on any atom is -1.00 e. The number of anilines is 1. The van der Waals surface area contributed by atoms with Gasteiger partial charge in [-0.3, -0.25) is 0 Å². The van der Waals surface area contributed by atoms with Gasteiger partial charge in [-0.1, -0.05) is 62.4 Å². The summed E-state index contributed by atoms with van der Waals surface area (Å²) in [6, 6.07) is 21.6. The summed E-state index contributed by atoms with van der Waals surface area (Å²) in [7, 11) is 2.15. The number of aliphatic hydroxyl groups is 1. The lowest BCUT2D eigenvalue weighted by molar-refractivity contribution is -0.675. The molecular formula is C29H32ClN3O. The molecule has 1 aliphatic heterocycles. The van der Waals surface area contributed by atoms with Crippen LogP contribution in [0.2, 0.25) is 0 Å². The number of hydrogen-bond donors (Lipinski definition) is 1. The lowest BCUT2D eigenvalue weighted by atomic mass is 9.84. The number of imidazole rings is 1. The third kappa shape index (κ3) is 3.71. The van der Waals surface area contributed by atoms with E-state index < -0.39 is 0 Å². The van der Waals surface area contributed by atoms with Crippen LogP contribution < -0.4 is 21.9 Å². The van der Waals surface area contributed by atoms with Gasteiger partial charge in [0.25, 0.3) is 5.82 Å². The maximum absolute atomic E-state index is 9.83. The van der Waals surface area contributed by atoms with Crippen LogP contribution in [0.3, 0.4) is 0 Å². The number of para-hydroxylation sites is 1. The molecule has 34 heavy (non-hydrogen) atoms. The summed E-state index contributed by atoms with van der Waals surface area (Å²) in [5.41, 5.74) is 6.21. The molecule has 2 heterocycles. The number of hydrogen-bond acceptors (Lipinski definition) is 2. The standard InChI is InChI=1S/C29H32N3O.ClH/c1-5-31-25-19-21-11-6-7-12-22(21)20-26(25)32(17-18-33)28(31)16-10-15-27-29(2,3)23-13-8-9-14-24(23)30(27)4;/h6-16,19-20,33H,5,17-18H2,1-4H3;1H/q+1;/p-1. The fourth-order valence-electron chi connectivity index (χ4n) is 5.42. The molecule has 3 aromatic carbocycles. The molecule has 0 unspecified atom stereocenters. The Kier molecular flexibility index (Phi) is 6.57. The van der Waals surface area contributed by atoms with Crippen molar-refractivity contribution in [2.45, 2.75) is 39.3 Å². The highest BCUT2D eigenvalue weighted by Crippen LogP contribution is 2.46. The van der Waals surface area contributed by atoms with Crippen LogP contribution in [0.5, 0.6) is 0 Å². The normalized spacial score (nSPS) is 16.0. The lowest BCUT2D eigenvalue weighted by Gasteiger charge is -2.23. The van der Waals surface area contributed by atoms with Crippen LogP contribution in [0.25, 0.3) is 27.9 Å². The fourth-order valence-corrected chi connectivity index (χ4v) is 5.42. The highest BCUT2D eigenvalue weighted by molar-refractivity contribution is 5.94. The van der Waals surface area contributed by atoms with Gasteiger partial charge >= 0.3 is 0 Å². The van der Waals surface area contributed by atoms with E-state index in [2.05, 4.69) is 121 Å². The van der Waals surface area contributed by atoms with Crippen molar-refractivity contribution >= 4 is 33.6 Å². The fraction of sp³-hybridized carbons (Fsp3) is 0.276. The third-order valence-corrected chi connectivity index (χ3v) is 7.06. The Morgan fingerprint density at radius 2 is 1.68 bits per heavy atom. The van der Waals surface area contributed by atoms with E-state index in [0.717, 1.165) is 17.9 Å². The van der Waals surface area contributed by atoms with Crippen LogP contribution in [0.15, 0.2) is 78.5 Å². The number of aryl methyl sites for hydroxylation is 1. The van der Waals surface area contributed by atoms with E-state index in [0.29, 0.717) is 6.54 Å². The van der Waals surface area contributed by atoms with Gasteiger partial charge in [-0.2, -0.15) is 0 Å². The van der Waals surface area contributed by atoms with Crippen molar-refractivity contribution in [3.63, 3.8) is 0 Å². The Labute approximate surface area is 207 Å². The van der Waals surface area contributed by atoms with E-state index >= 15 is 0 Å². The van der Waals surface area contributed by atoms with Gasteiger partial charge in [0, 0.05) is 29.9 Å². The number of benzene rings is 3. The van der Waals surface area contributed by atoms with Crippen molar-refractivity contribution < 1.29 is 22.1 Å². The predicted molar refractivity (Wildman–Crippen MR) is 137 cm³/mol. The summed E-state index contributed by atoms with van der Waals surface area (Å²) in [5.74, 6) is 1.10. The van der Waals surface area contributed by atoms with Crippen LogP contribution in [0.1, 0.15) is 32.2 Å². The summed E-state index contributed by atoms with van der Waals surface area (Å²) >= 11 is 0. The Balaban J connectivity index is 0.00000274. The van der Waals surface area contributed by atoms with Gasteiger partial charge in [0.05, 0.1) is 13.2 Å². The molecule has 1 aliphatic rings. The molecular weight excluding hydrogens is 442 g/mol. The second kappa shape index (κ2) is 9.28. The smallest absolute Gasteiger partial charge is 0.282 e. The SMILES string of the molecule is CCn1c(/C=C/C=C2\N(C)c3ccccc3C2(C)C)[n+](CCO)c2cc3ccccc3cc21.[Cl-]. The quantitative estimate of drug-likeness (QED) is 0.451. The van der Waals surface area contributed by atoms with Crippen LogP contribution in [0, 0.1) is 0 Å². The van der Waals surface area contributed by atoms with Crippen molar-refractivity contribution in [2.24, 2.45) is 0 Å². The summed E-state index contributed by atoms with van der Waals surface area (Å²) in [5, 5.41) is 12.3. The van der Waals surface area contributed by atoms with Gasteiger partial charge in [0.1, 0.15) is 6.54 Å². The summed E-state index contributed by atoms with van der Waals surface area (Å²) in [4.78, 5) is 2.30. The molecule has 0 saturated heterocycles. The third-order valence-electron chi connectivity index (χ3n) is 7.06. The molecule has 1 N–H and O–H groups in total. The molecule has 4 aromatic rings. The van der Waals surface area contributed by atoms with Gasteiger partial charge in [-0.25, -0.2) is 9.13 Å². The molecule has 0 atom stereocenters. The Morgan fingerprint density at radius 3 is 2.35 bits per heavy atom. The Morgan fingerprint density at radius 1 is 1.00 bits per heavy atom. The van der Waals surface area contributed by atoms with Gasteiger partial charge in [0.2, 0.25) is 0 Å². The summed E-state index contributed by atoms with van der Waals surface area (Å²) in [6.07, 6.45) is 6.58. The number of aromatic nitrogens is 2. The first kappa shape index (κ1) is 24.1.